The highest BCUT2D eigenvalue weighted by atomic mass is 32.1. The van der Waals surface area contributed by atoms with Crippen molar-refractivity contribution in [3.05, 3.63) is 76.2 Å². The molecule has 0 unspecified atom stereocenters. The molecule has 0 fully saturated rings. The number of anilines is 1. The lowest BCUT2D eigenvalue weighted by Crippen LogP contribution is -2.21. The highest BCUT2D eigenvalue weighted by Crippen LogP contribution is 2.33. The maximum absolute atomic E-state index is 12.9. The number of hydrogen-bond acceptors (Lipinski definition) is 4. The Morgan fingerprint density at radius 1 is 0.923 bits per heavy atom. The Morgan fingerprint density at radius 2 is 1.50 bits per heavy atom. The van der Waals surface area contributed by atoms with Gasteiger partial charge in [0, 0.05) is 19.7 Å². The first-order chi connectivity index (χ1) is 12.4. The van der Waals surface area contributed by atoms with E-state index in [-0.39, 0.29) is 11.7 Å². The zero-order valence-corrected chi connectivity index (χ0v) is 15.8. The zero-order valence-electron chi connectivity index (χ0n) is 14.9. The molecule has 1 heterocycles. The molecule has 0 radical (unpaired) electrons. The smallest absolute Gasteiger partial charge is 0.263 e. The Hall–Kier alpha value is -2.92. The van der Waals surface area contributed by atoms with E-state index in [1.807, 2.05) is 42.5 Å². The van der Waals surface area contributed by atoms with Gasteiger partial charge in [0.05, 0.1) is 15.4 Å². The fourth-order valence-electron chi connectivity index (χ4n) is 2.81. The summed E-state index contributed by atoms with van der Waals surface area (Å²) in [5.41, 5.74) is 9.82. The predicted molar refractivity (Wildman–Crippen MR) is 107 cm³/mol. The monoisotopic (exact) mass is 364 g/mol. The molecule has 2 aromatic carbocycles. The van der Waals surface area contributed by atoms with Crippen LogP contribution in [0.3, 0.4) is 0 Å². The van der Waals surface area contributed by atoms with E-state index >= 15 is 0 Å². The highest BCUT2D eigenvalue weighted by Gasteiger charge is 2.24. The molecular weight excluding hydrogens is 344 g/mol. The molecule has 132 valence electrons. The summed E-state index contributed by atoms with van der Waals surface area (Å²) in [7, 11) is 3.36. The summed E-state index contributed by atoms with van der Waals surface area (Å²) in [6.07, 6.45) is 0. The number of nitrogen functional groups attached to an aromatic ring is 1. The van der Waals surface area contributed by atoms with Crippen molar-refractivity contribution in [2.75, 3.05) is 19.8 Å². The van der Waals surface area contributed by atoms with Crippen molar-refractivity contribution in [1.82, 2.24) is 4.90 Å². The van der Waals surface area contributed by atoms with Gasteiger partial charge < -0.3 is 10.6 Å². The zero-order chi connectivity index (χ0) is 18.8. The van der Waals surface area contributed by atoms with Crippen LogP contribution >= 0.6 is 11.3 Å². The highest BCUT2D eigenvalue weighted by molar-refractivity contribution is 7.18. The van der Waals surface area contributed by atoms with E-state index in [4.69, 9.17) is 5.73 Å². The molecule has 0 saturated heterocycles. The van der Waals surface area contributed by atoms with Crippen molar-refractivity contribution >= 4 is 28.0 Å². The van der Waals surface area contributed by atoms with Crippen LogP contribution in [0.5, 0.6) is 0 Å². The summed E-state index contributed by atoms with van der Waals surface area (Å²) in [4.78, 5) is 27.2. The molecule has 3 rings (SSSR count). The lowest BCUT2D eigenvalue weighted by molar-refractivity contribution is 0.0831. The topological polar surface area (TPSA) is 63.4 Å². The quantitative estimate of drug-likeness (QED) is 0.704. The van der Waals surface area contributed by atoms with Crippen molar-refractivity contribution in [3.63, 3.8) is 0 Å². The molecule has 0 atom stereocenters. The van der Waals surface area contributed by atoms with Crippen LogP contribution in [0.2, 0.25) is 0 Å². The predicted octanol–water partition coefficient (Wildman–Crippen LogP) is 4.24. The van der Waals surface area contributed by atoms with Crippen LogP contribution in [-0.2, 0) is 0 Å². The molecule has 0 saturated carbocycles. The summed E-state index contributed by atoms with van der Waals surface area (Å²) in [5, 5.41) is 0.379. The van der Waals surface area contributed by atoms with Gasteiger partial charge in [-0.05, 0) is 23.6 Å². The number of carbonyl (C=O) groups excluding carboxylic acids is 2. The molecule has 1 aromatic heterocycles. The van der Waals surface area contributed by atoms with Crippen molar-refractivity contribution in [1.29, 1.82) is 0 Å². The molecule has 5 heteroatoms. The minimum Gasteiger partial charge on any atom is -0.390 e. The maximum atomic E-state index is 12.9. The van der Waals surface area contributed by atoms with E-state index in [9.17, 15) is 9.59 Å². The van der Waals surface area contributed by atoms with Crippen molar-refractivity contribution < 1.29 is 9.59 Å². The van der Waals surface area contributed by atoms with Gasteiger partial charge in [-0.2, -0.15) is 0 Å². The third-order valence-electron chi connectivity index (χ3n) is 4.26. The molecule has 3 aromatic rings. The van der Waals surface area contributed by atoms with Crippen LogP contribution in [-0.4, -0.2) is 30.7 Å². The normalized spacial score (nSPS) is 10.6. The van der Waals surface area contributed by atoms with Gasteiger partial charge in [-0.1, -0.05) is 54.6 Å². The van der Waals surface area contributed by atoms with E-state index in [1.165, 1.54) is 16.2 Å². The number of nitrogens with zero attached hydrogens (tertiary/aromatic N) is 1. The lowest BCUT2D eigenvalue weighted by Gasteiger charge is -2.09. The fourth-order valence-corrected chi connectivity index (χ4v) is 3.91. The van der Waals surface area contributed by atoms with Gasteiger partial charge >= 0.3 is 0 Å². The molecule has 4 nitrogen and oxygen atoms in total. The Labute approximate surface area is 156 Å². The number of thiophene rings is 1. The van der Waals surface area contributed by atoms with E-state index < -0.39 is 0 Å². The lowest BCUT2D eigenvalue weighted by atomic mass is 9.98. The Kier molecular flexibility index (Phi) is 4.91. The summed E-state index contributed by atoms with van der Waals surface area (Å²) in [6, 6.07) is 17.4. The number of amides is 1. The van der Waals surface area contributed by atoms with Gasteiger partial charge in [0.1, 0.15) is 0 Å². The number of rotatable bonds is 4. The first-order valence-corrected chi connectivity index (χ1v) is 9.02. The van der Waals surface area contributed by atoms with Gasteiger partial charge in [0.25, 0.3) is 5.91 Å². The van der Waals surface area contributed by atoms with E-state index in [1.54, 1.807) is 33.2 Å². The van der Waals surface area contributed by atoms with Crippen LogP contribution in [0.15, 0.2) is 54.6 Å². The van der Waals surface area contributed by atoms with E-state index in [2.05, 4.69) is 0 Å². The third kappa shape index (κ3) is 3.26. The van der Waals surface area contributed by atoms with Crippen molar-refractivity contribution in [3.8, 4) is 11.1 Å². The second-order valence-electron chi connectivity index (χ2n) is 6.27. The molecule has 26 heavy (non-hydrogen) atoms. The molecule has 0 aliphatic rings. The minimum absolute atomic E-state index is 0.141. The Morgan fingerprint density at radius 3 is 2.08 bits per heavy atom. The van der Waals surface area contributed by atoms with Crippen molar-refractivity contribution in [2.45, 2.75) is 6.92 Å². The second kappa shape index (κ2) is 7.14. The number of benzene rings is 2. The number of nitrogens with two attached hydrogens (primary N) is 1. The second-order valence-corrected chi connectivity index (χ2v) is 7.32. The Bertz CT molecular complexity index is 958. The largest absolute Gasteiger partial charge is 0.390 e. The molecule has 1 amide bonds. The van der Waals surface area contributed by atoms with Gasteiger partial charge in [0.15, 0.2) is 5.78 Å². The Balaban J connectivity index is 1.94. The first-order valence-electron chi connectivity index (χ1n) is 8.21. The van der Waals surface area contributed by atoms with Crippen LogP contribution in [0, 0.1) is 6.92 Å². The number of hydrogen-bond donors (Lipinski definition) is 1. The van der Waals surface area contributed by atoms with E-state index in [0.717, 1.165) is 11.1 Å². The first kappa shape index (κ1) is 17.9. The fraction of sp³-hybridized carbons (Fsp3) is 0.143. The molecule has 0 aliphatic heterocycles. The summed E-state index contributed by atoms with van der Waals surface area (Å²) in [6.45, 7) is 1.77. The SMILES string of the molecule is Cc1c(C(=O)N(C)C)sc(N)c1C(=O)c1ccc(-c2ccccc2)cc1. The van der Waals surface area contributed by atoms with Crippen molar-refractivity contribution in [2.24, 2.45) is 0 Å². The maximum Gasteiger partial charge on any atom is 0.263 e. The van der Waals surface area contributed by atoms with E-state index in [0.29, 0.717) is 26.6 Å². The van der Waals surface area contributed by atoms with Gasteiger partial charge in [-0.25, -0.2) is 0 Å². The van der Waals surface area contributed by atoms with Gasteiger partial charge in [0.2, 0.25) is 0 Å². The van der Waals surface area contributed by atoms with Crippen LogP contribution in [0.1, 0.15) is 31.2 Å². The molecule has 0 bridgehead atoms. The van der Waals surface area contributed by atoms with Crippen LogP contribution in [0.25, 0.3) is 11.1 Å². The average molecular weight is 364 g/mol. The average Bonchev–Trinajstić information content (AvgIpc) is 2.95. The summed E-state index contributed by atoms with van der Waals surface area (Å²) < 4.78 is 0. The summed E-state index contributed by atoms with van der Waals surface area (Å²) in [5.74, 6) is -0.300. The van der Waals surface area contributed by atoms with Gasteiger partial charge in [-0.3, -0.25) is 9.59 Å². The van der Waals surface area contributed by atoms with Crippen LogP contribution < -0.4 is 5.73 Å². The summed E-state index contributed by atoms with van der Waals surface area (Å²) >= 11 is 1.17. The minimum atomic E-state index is -0.159. The van der Waals surface area contributed by atoms with Gasteiger partial charge in [-0.15, -0.1) is 11.3 Å². The standard InChI is InChI=1S/C21H20N2O2S/c1-13-17(20(22)26-19(13)21(25)23(2)3)18(24)16-11-9-15(10-12-16)14-7-5-4-6-8-14/h4-12H,22H2,1-3H3. The molecule has 2 N–H and O–H groups in total. The number of ketones is 1. The number of carbonyl (C=O) groups is 2. The molecular formula is C21H20N2O2S. The third-order valence-corrected chi connectivity index (χ3v) is 5.36. The molecule has 0 spiro atoms. The van der Waals surface area contributed by atoms with Crippen LogP contribution in [0.4, 0.5) is 5.00 Å². The molecule has 0 aliphatic carbocycles.